The second-order valence-electron chi connectivity index (χ2n) is 5.05. The molecule has 1 unspecified atom stereocenters. The van der Waals surface area contributed by atoms with Gasteiger partial charge in [-0.05, 0) is 12.5 Å². The van der Waals surface area contributed by atoms with Crippen LogP contribution in [-0.4, -0.2) is 43.0 Å². The van der Waals surface area contributed by atoms with Crippen molar-refractivity contribution in [1.29, 1.82) is 0 Å². The fourth-order valence-electron chi connectivity index (χ4n) is 2.93. The van der Waals surface area contributed by atoms with Gasteiger partial charge in [0.25, 0.3) is 0 Å². The standard InChI is InChI=1S/C11H13F2N3O4/c1-2-9-6(17)10(9,19)11(12,13)7(20-9)16-4-3-5(14)15-8(16)18/h3-4,6-7,17,19H,2H2,1H3,(H2,14,15,18)/t6?,7-,9-,10+/m1/s1. The predicted octanol–water partition coefficient (Wildman–Crippen LogP) is -0.756. The van der Waals surface area contributed by atoms with Gasteiger partial charge in [-0.25, -0.2) is 4.79 Å². The first kappa shape index (κ1) is 13.4. The molecule has 2 fully saturated rings. The maximum atomic E-state index is 14.3. The van der Waals surface area contributed by atoms with Crippen LogP contribution in [0, 0.1) is 0 Å². The summed E-state index contributed by atoms with van der Waals surface area (Å²) in [6, 6.07) is 1.17. The van der Waals surface area contributed by atoms with Gasteiger partial charge in [0.1, 0.15) is 17.5 Å². The van der Waals surface area contributed by atoms with Gasteiger partial charge < -0.3 is 20.7 Å². The highest BCUT2D eigenvalue weighted by molar-refractivity contribution is 5.37. The summed E-state index contributed by atoms with van der Waals surface area (Å²) in [7, 11) is 0. The molecule has 1 saturated carbocycles. The van der Waals surface area contributed by atoms with Crippen LogP contribution in [0.25, 0.3) is 0 Å². The number of hydrogen-bond acceptors (Lipinski definition) is 6. The Labute approximate surface area is 111 Å². The van der Waals surface area contributed by atoms with E-state index >= 15 is 0 Å². The quantitative estimate of drug-likeness (QED) is 0.660. The smallest absolute Gasteiger partial charge is 0.351 e. The van der Waals surface area contributed by atoms with Crippen molar-refractivity contribution < 1.29 is 23.7 Å². The molecule has 0 radical (unpaired) electrons. The van der Waals surface area contributed by atoms with Crippen LogP contribution in [0.5, 0.6) is 0 Å². The van der Waals surface area contributed by atoms with Gasteiger partial charge in [0.2, 0.25) is 6.23 Å². The zero-order valence-corrected chi connectivity index (χ0v) is 10.5. The third kappa shape index (κ3) is 1.18. The lowest BCUT2D eigenvalue weighted by molar-refractivity contribution is -0.201. The monoisotopic (exact) mass is 289 g/mol. The van der Waals surface area contributed by atoms with Crippen LogP contribution in [-0.2, 0) is 4.74 Å². The number of aromatic nitrogens is 2. The van der Waals surface area contributed by atoms with Crippen LogP contribution in [0.2, 0.25) is 0 Å². The van der Waals surface area contributed by atoms with E-state index in [1.54, 1.807) is 0 Å². The minimum Gasteiger partial charge on any atom is -0.387 e. The highest BCUT2D eigenvalue weighted by atomic mass is 19.3. The molecular formula is C11H13F2N3O4. The Morgan fingerprint density at radius 2 is 2.25 bits per heavy atom. The number of halogens is 2. The Morgan fingerprint density at radius 1 is 1.60 bits per heavy atom. The van der Waals surface area contributed by atoms with Crippen molar-refractivity contribution in [2.45, 2.75) is 42.8 Å². The molecule has 1 aromatic heterocycles. The van der Waals surface area contributed by atoms with Crippen molar-refractivity contribution in [3.63, 3.8) is 0 Å². The van der Waals surface area contributed by atoms with E-state index in [2.05, 4.69) is 4.98 Å². The van der Waals surface area contributed by atoms with Crippen molar-refractivity contribution in [1.82, 2.24) is 9.55 Å². The van der Waals surface area contributed by atoms with Gasteiger partial charge in [0.15, 0.2) is 5.60 Å². The highest BCUT2D eigenvalue weighted by Gasteiger charge is 2.94. The van der Waals surface area contributed by atoms with Crippen molar-refractivity contribution in [3.05, 3.63) is 22.7 Å². The molecule has 0 amide bonds. The maximum Gasteiger partial charge on any atom is 0.351 e. The molecular weight excluding hydrogens is 276 g/mol. The van der Waals surface area contributed by atoms with Gasteiger partial charge in [-0.2, -0.15) is 13.8 Å². The number of aliphatic hydroxyl groups excluding tert-OH is 1. The zero-order valence-electron chi connectivity index (χ0n) is 10.5. The van der Waals surface area contributed by atoms with Gasteiger partial charge in [-0.3, -0.25) is 4.57 Å². The van der Waals surface area contributed by atoms with Crippen molar-refractivity contribution in [2.75, 3.05) is 5.73 Å². The normalized spacial score (nSPS) is 41.5. The number of ether oxygens (including phenoxy) is 1. The van der Waals surface area contributed by atoms with Gasteiger partial charge in [-0.15, -0.1) is 0 Å². The topological polar surface area (TPSA) is 111 Å². The molecule has 0 bridgehead atoms. The second kappa shape index (κ2) is 3.54. The summed E-state index contributed by atoms with van der Waals surface area (Å²) < 4.78 is 34.3. The van der Waals surface area contributed by atoms with Crippen LogP contribution in [0.1, 0.15) is 19.6 Å². The Morgan fingerprint density at radius 3 is 2.75 bits per heavy atom. The van der Waals surface area contributed by atoms with Gasteiger partial charge >= 0.3 is 11.6 Å². The number of alkyl halides is 2. The number of fused-ring (bicyclic) bond motifs is 1. The average Bonchev–Trinajstić information content (AvgIpc) is 2.78. The zero-order chi connectivity index (χ0) is 14.9. The first-order valence-electron chi connectivity index (χ1n) is 6.03. The SMILES string of the molecule is CC[C@]12O[C@@H](n3ccc(N)nc3=O)C(F)(F)[C@]1(O)C2O. The van der Waals surface area contributed by atoms with Crippen LogP contribution in [0.4, 0.5) is 14.6 Å². The molecule has 4 N–H and O–H groups in total. The van der Waals surface area contributed by atoms with Crippen LogP contribution < -0.4 is 11.4 Å². The van der Waals surface area contributed by atoms with Crippen LogP contribution >= 0.6 is 0 Å². The summed E-state index contributed by atoms with van der Waals surface area (Å²) >= 11 is 0. The number of anilines is 1. The Balaban J connectivity index is 2.08. The fraction of sp³-hybridized carbons (Fsp3) is 0.636. The molecule has 0 aromatic carbocycles. The minimum atomic E-state index is -3.83. The van der Waals surface area contributed by atoms with E-state index < -0.39 is 35.1 Å². The summed E-state index contributed by atoms with van der Waals surface area (Å²) in [6.45, 7) is 1.50. The van der Waals surface area contributed by atoms with Crippen LogP contribution in [0.3, 0.4) is 0 Å². The number of aliphatic hydroxyl groups is 2. The number of rotatable bonds is 2. The molecule has 1 aliphatic heterocycles. The summed E-state index contributed by atoms with van der Waals surface area (Å²) in [5.74, 6) is -3.94. The third-order valence-corrected chi connectivity index (χ3v) is 4.17. The van der Waals surface area contributed by atoms with E-state index in [1.165, 1.54) is 13.0 Å². The van der Waals surface area contributed by atoms with Crippen molar-refractivity contribution >= 4 is 5.82 Å². The predicted molar refractivity (Wildman–Crippen MR) is 62.0 cm³/mol. The van der Waals surface area contributed by atoms with Gasteiger partial charge in [0, 0.05) is 6.20 Å². The lowest BCUT2D eigenvalue weighted by Crippen LogP contribution is -2.46. The molecule has 20 heavy (non-hydrogen) atoms. The molecule has 7 nitrogen and oxygen atoms in total. The minimum absolute atomic E-state index is 0.0199. The third-order valence-electron chi connectivity index (χ3n) is 4.17. The summed E-state index contributed by atoms with van der Waals surface area (Å²) in [6.07, 6.45) is -2.72. The number of nitrogens with two attached hydrogens (primary N) is 1. The van der Waals surface area contributed by atoms with Crippen molar-refractivity contribution in [2.24, 2.45) is 0 Å². The summed E-state index contributed by atoms with van der Waals surface area (Å²) in [5, 5.41) is 19.6. The number of hydrogen-bond donors (Lipinski definition) is 3. The Hall–Kier alpha value is -1.58. The lowest BCUT2D eigenvalue weighted by atomic mass is 10.1. The number of nitrogen functional groups attached to an aromatic ring is 1. The second-order valence-corrected chi connectivity index (χ2v) is 5.05. The largest absolute Gasteiger partial charge is 0.387 e. The summed E-state index contributed by atoms with van der Waals surface area (Å²) in [5.41, 5.74) is -0.182. The lowest BCUT2D eigenvalue weighted by Gasteiger charge is -2.26. The molecule has 9 heteroatoms. The number of nitrogens with zero attached hydrogens (tertiary/aromatic N) is 2. The first-order chi connectivity index (χ1) is 9.22. The molecule has 4 atom stereocenters. The molecule has 3 rings (SSSR count). The van der Waals surface area contributed by atoms with Crippen molar-refractivity contribution in [3.8, 4) is 0 Å². The van der Waals surface area contributed by atoms with E-state index in [9.17, 15) is 23.8 Å². The molecule has 0 spiro atoms. The fourth-order valence-corrected chi connectivity index (χ4v) is 2.93. The first-order valence-corrected chi connectivity index (χ1v) is 6.03. The van der Waals surface area contributed by atoms with E-state index in [4.69, 9.17) is 10.5 Å². The molecule has 2 aliphatic rings. The van der Waals surface area contributed by atoms with Crippen LogP contribution in [0.15, 0.2) is 17.1 Å². The maximum absolute atomic E-state index is 14.3. The van der Waals surface area contributed by atoms with Gasteiger partial charge in [0.05, 0.1) is 0 Å². The molecule has 2 heterocycles. The molecule has 1 aromatic rings. The Bertz CT molecular complexity index is 636. The van der Waals surface area contributed by atoms with E-state index in [0.717, 1.165) is 6.20 Å². The van der Waals surface area contributed by atoms with E-state index in [-0.39, 0.29) is 12.2 Å². The molecule has 110 valence electrons. The average molecular weight is 289 g/mol. The molecule has 1 saturated heterocycles. The van der Waals surface area contributed by atoms with Gasteiger partial charge in [-0.1, -0.05) is 6.92 Å². The Kier molecular flexibility index (Phi) is 2.37. The molecule has 1 aliphatic carbocycles. The van der Waals surface area contributed by atoms with E-state index in [1.807, 2.05) is 0 Å². The highest BCUT2D eigenvalue weighted by Crippen LogP contribution is 2.70. The summed E-state index contributed by atoms with van der Waals surface area (Å²) in [4.78, 5) is 15.0. The van der Waals surface area contributed by atoms with E-state index in [0.29, 0.717) is 4.57 Å².